The van der Waals surface area contributed by atoms with Crippen LogP contribution in [-0.4, -0.2) is 24.5 Å². The second kappa shape index (κ2) is 4.83. The number of rotatable bonds is 4. The number of benzene rings is 1. The Morgan fingerprint density at radius 2 is 2.40 bits per heavy atom. The number of nitrogens with two attached hydrogens (primary N) is 1. The first-order valence-corrected chi connectivity index (χ1v) is 6.37. The lowest BCUT2D eigenvalue weighted by atomic mass is 10.3. The van der Waals surface area contributed by atoms with Crippen LogP contribution >= 0.6 is 23.1 Å². The highest BCUT2D eigenvalue weighted by Crippen LogP contribution is 2.30. The van der Waals surface area contributed by atoms with E-state index in [1.807, 2.05) is 18.2 Å². The molecule has 0 saturated heterocycles. The topological polar surface area (TPSA) is 48.1 Å². The lowest BCUT2D eigenvalue weighted by Crippen LogP contribution is -1.90. The molecule has 0 aliphatic heterocycles. The summed E-state index contributed by atoms with van der Waals surface area (Å²) in [5.74, 6) is 0.936. The average molecular weight is 240 g/mol. The predicted molar refractivity (Wildman–Crippen MR) is 66.6 cm³/mol. The molecule has 5 heteroatoms. The standard InChI is InChI=1S/C10H12N2OS2/c1-13-4-5-14-10-12-8-3-2-7(11)6-9(8)15-10/h2-3,6H,4-5,11H2,1H3. The number of nitrogens with zero attached hydrogens (tertiary/aromatic N) is 1. The molecule has 3 nitrogen and oxygen atoms in total. The number of fused-ring (bicyclic) bond motifs is 1. The van der Waals surface area contributed by atoms with Gasteiger partial charge in [0.25, 0.3) is 0 Å². The van der Waals surface area contributed by atoms with Gasteiger partial charge in [0.2, 0.25) is 0 Å². The zero-order chi connectivity index (χ0) is 10.7. The summed E-state index contributed by atoms with van der Waals surface area (Å²) >= 11 is 3.40. The molecule has 0 saturated carbocycles. The monoisotopic (exact) mass is 240 g/mol. The summed E-state index contributed by atoms with van der Waals surface area (Å²) < 4.78 is 7.22. The molecule has 80 valence electrons. The van der Waals surface area contributed by atoms with E-state index < -0.39 is 0 Å². The van der Waals surface area contributed by atoms with Crippen LogP contribution in [0.3, 0.4) is 0 Å². The van der Waals surface area contributed by atoms with Crippen molar-refractivity contribution >= 4 is 39.0 Å². The molecule has 1 heterocycles. The molecule has 0 fully saturated rings. The van der Waals surface area contributed by atoms with Crippen molar-refractivity contribution in [3.63, 3.8) is 0 Å². The fourth-order valence-electron chi connectivity index (χ4n) is 1.19. The van der Waals surface area contributed by atoms with Crippen molar-refractivity contribution in [1.29, 1.82) is 0 Å². The fourth-order valence-corrected chi connectivity index (χ4v) is 3.28. The third-order valence-corrected chi connectivity index (χ3v) is 4.03. The normalized spacial score (nSPS) is 11.0. The van der Waals surface area contributed by atoms with Crippen molar-refractivity contribution in [2.45, 2.75) is 4.34 Å². The molecule has 0 atom stereocenters. The van der Waals surface area contributed by atoms with E-state index in [0.29, 0.717) is 0 Å². The summed E-state index contributed by atoms with van der Waals surface area (Å²) in [5.41, 5.74) is 7.52. The zero-order valence-corrected chi connectivity index (χ0v) is 10.0. The smallest absolute Gasteiger partial charge is 0.151 e. The maximum Gasteiger partial charge on any atom is 0.151 e. The number of hydrogen-bond donors (Lipinski definition) is 1. The molecule has 0 unspecified atom stereocenters. The van der Waals surface area contributed by atoms with Crippen molar-refractivity contribution in [3.8, 4) is 0 Å². The van der Waals surface area contributed by atoms with E-state index in [4.69, 9.17) is 10.5 Å². The Morgan fingerprint density at radius 3 is 3.20 bits per heavy atom. The Hall–Kier alpha value is -0.780. The highest BCUT2D eigenvalue weighted by molar-refractivity contribution is 8.01. The molecule has 15 heavy (non-hydrogen) atoms. The molecule has 0 aliphatic carbocycles. The van der Waals surface area contributed by atoms with Gasteiger partial charge >= 0.3 is 0 Å². The van der Waals surface area contributed by atoms with Gasteiger partial charge in [-0.3, -0.25) is 0 Å². The van der Waals surface area contributed by atoms with Gasteiger partial charge in [0.15, 0.2) is 4.34 Å². The van der Waals surface area contributed by atoms with Crippen LogP contribution < -0.4 is 5.73 Å². The zero-order valence-electron chi connectivity index (χ0n) is 8.40. The number of thioether (sulfide) groups is 1. The minimum absolute atomic E-state index is 0.753. The highest BCUT2D eigenvalue weighted by atomic mass is 32.2. The first-order valence-electron chi connectivity index (χ1n) is 4.57. The van der Waals surface area contributed by atoms with E-state index in [-0.39, 0.29) is 0 Å². The summed E-state index contributed by atoms with van der Waals surface area (Å²) in [5, 5.41) is 0. The van der Waals surface area contributed by atoms with Crippen molar-refractivity contribution < 1.29 is 4.74 Å². The number of aromatic nitrogens is 1. The van der Waals surface area contributed by atoms with Crippen LogP contribution in [-0.2, 0) is 4.74 Å². The van der Waals surface area contributed by atoms with Crippen LogP contribution in [0.2, 0.25) is 0 Å². The van der Waals surface area contributed by atoms with Crippen molar-refractivity contribution in [2.24, 2.45) is 0 Å². The molecule has 1 aromatic carbocycles. The van der Waals surface area contributed by atoms with Crippen LogP contribution in [0.4, 0.5) is 5.69 Å². The molecule has 0 radical (unpaired) electrons. The molecule has 2 aromatic rings. The van der Waals surface area contributed by atoms with Crippen LogP contribution in [0.15, 0.2) is 22.5 Å². The largest absolute Gasteiger partial charge is 0.399 e. The third-order valence-electron chi connectivity index (χ3n) is 1.91. The van der Waals surface area contributed by atoms with Crippen LogP contribution in [0, 0.1) is 0 Å². The van der Waals surface area contributed by atoms with Crippen molar-refractivity contribution in [2.75, 3.05) is 25.2 Å². The molecular weight excluding hydrogens is 228 g/mol. The van der Waals surface area contributed by atoms with E-state index in [2.05, 4.69) is 4.98 Å². The van der Waals surface area contributed by atoms with Gasteiger partial charge in [-0.15, -0.1) is 11.3 Å². The number of ether oxygens (including phenoxy) is 1. The first-order chi connectivity index (χ1) is 7.29. The Labute approximate surface area is 96.6 Å². The Bertz CT molecular complexity index is 456. The van der Waals surface area contributed by atoms with Crippen molar-refractivity contribution in [1.82, 2.24) is 4.98 Å². The highest BCUT2D eigenvalue weighted by Gasteiger charge is 2.03. The van der Waals surface area contributed by atoms with Gasteiger partial charge in [-0.2, -0.15) is 0 Å². The SMILES string of the molecule is COCCSc1nc2ccc(N)cc2s1. The van der Waals surface area contributed by atoms with Gasteiger partial charge in [-0.05, 0) is 18.2 Å². The number of anilines is 1. The van der Waals surface area contributed by atoms with E-state index >= 15 is 0 Å². The number of nitrogen functional groups attached to an aromatic ring is 1. The van der Waals surface area contributed by atoms with Crippen LogP contribution in [0.1, 0.15) is 0 Å². The maximum absolute atomic E-state index is 5.71. The Kier molecular flexibility index (Phi) is 3.45. The Balaban J connectivity index is 2.16. The predicted octanol–water partition coefficient (Wildman–Crippen LogP) is 2.62. The van der Waals surface area contributed by atoms with Gasteiger partial charge < -0.3 is 10.5 Å². The minimum atomic E-state index is 0.753. The summed E-state index contributed by atoms with van der Waals surface area (Å²) in [6.07, 6.45) is 0. The van der Waals surface area contributed by atoms with Gasteiger partial charge in [0.05, 0.1) is 16.8 Å². The van der Waals surface area contributed by atoms with Crippen LogP contribution in [0.5, 0.6) is 0 Å². The maximum atomic E-state index is 5.71. The summed E-state index contributed by atoms with van der Waals surface area (Å²) in [6, 6.07) is 5.81. The quantitative estimate of drug-likeness (QED) is 0.507. The molecular formula is C10H12N2OS2. The van der Waals surface area contributed by atoms with Gasteiger partial charge in [-0.1, -0.05) is 11.8 Å². The average Bonchev–Trinajstić information content (AvgIpc) is 2.60. The molecule has 0 aliphatic rings. The molecule has 1 aromatic heterocycles. The second-order valence-corrected chi connectivity index (χ2v) is 5.42. The van der Waals surface area contributed by atoms with Crippen LogP contribution in [0.25, 0.3) is 10.2 Å². The van der Waals surface area contributed by atoms with E-state index in [1.165, 1.54) is 0 Å². The molecule has 0 spiro atoms. The summed E-state index contributed by atoms with van der Waals surface area (Å²) in [6.45, 7) is 0.753. The van der Waals surface area contributed by atoms with E-state index in [1.54, 1.807) is 30.2 Å². The lowest BCUT2D eigenvalue weighted by Gasteiger charge is -1.94. The third kappa shape index (κ3) is 2.62. The second-order valence-electron chi connectivity index (χ2n) is 3.05. The van der Waals surface area contributed by atoms with Gasteiger partial charge in [0, 0.05) is 18.6 Å². The Morgan fingerprint density at radius 1 is 1.53 bits per heavy atom. The van der Waals surface area contributed by atoms with Gasteiger partial charge in [0.1, 0.15) is 0 Å². The summed E-state index contributed by atoms with van der Waals surface area (Å²) in [7, 11) is 1.71. The fraction of sp³-hybridized carbons (Fsp3) is 0.300. The van der Waals surface area contributed by atoms with Gasteiger partial charge in [-0.25, -0.2) is 4.98 Å². The first kappa shape index (κ1) is 10.7. The molecule has 2 rings (SSSR count). The lowest BCUT2D eigenvalue weighted by molar-refractivity contribution is 0.218. The van der Waals surface area contributed by atoms with E-state index in [9.17, 15) is 0 Å². The number of thiazole rings is 1. The molecule has 0 bridgehead atoms. The summed E-state index contributed by atoms with van der Waals surface area (Å²) in [4.78, 5) is 4.50. The minimum Gasteiger partial charge on any atom is -0.399 e. The van der Waals surface area contributed by atoms with Crippen molar-refractivity contribution in [3.05, 3.63) is 18.2 Å². The molecule has 2 N–H and O–H groups in total. The number of hydrogen-bond acceptors (Lipinski definition) is 5. The molecule has 0 amide bonds. The number of methoxy groups -OCH3 is 1. The van der Waals surface area contributed by atoms with E-state index in [0.717, 1.165) is 32.6 Å².